The van der Waals surface area contributed by atoms with E-state index in [0.717, 1.165) is 16.8 Å². The van der Waals surface area contributed by atoms with E-state index in [1.807, 2.05) is 34.6 Å². The molecule has 3 rings (SSSR count). The molecule has 1 amide bonds. The fourth-order valence-electron chi connectivity index (χ4n) is 3.00. The van der Waals surface area contributed by atoms with Crippen molar-refractivity contribution in [2.24, 2.45) is 0 Å². The predicted molar refractivity (Wildman–Crippen MR) is 98.7 cm³/mol. The van der Waals surface area contributed by atoms with Crippen molar-refractivity contribution in [3.8, 4) is 17.1 Å². The van der Waals surface area contributed by atoms with Gasteiger partial charge in [0.15, 0.2) is 5.82 Å². The Kier molecular flexibility index (Phi) is 4.38. The number of rotatable bonds is 1. The molecule has 138 valence electrons. The molecule has 1 N–H and O–H groups in total. The van der Waals surface area contributed by atoms with Crippen LogP contribution >= 0.6 is 0 Å². The third-order valence-corrected chi connectivity index (χ3v) is 4.35. The number of hydrogen-bond acceptors (Lipinski definition) is 5. The van der Waals surface area contributed by atoms with Gasteiger partial charge < -0.3 is 9.84 Å². The maximum Gasteiger partial charge on any atom is 0.411 e. The number of fused-ring (bicyclic) bond motifs is 1. The second-order valence-electron chi connectivity index (χ2n) is 8.27. The van der Waals surface area contributed by atoms with Crippen molar-refractivity contribution in [2.75, 3.05) is 0 Å². The van der Waals surface area contributed by atoms with Gasteiger partial charge in [0.25, 0.3) is 0 Å². The highest BCUT2D eigenvalue weighted by atomic mass is 16.6. The molecule has 2 heterocycles. The molecule has 1 aliphatic rings. The highest BCUT2D eigenvalue weighted by Crippen LogP contribution is 2.32. The van der Waals surface area contributed by atoms with Crippen LogP contribution < -0.4 is 0 Å². The van der Waals surface area contributed by atoms with E-state index in [1.165, 1.54) is 0 Å². The Balaban J connectivity index is 1.89. The lowest BCUT2D eigenvalue weighted by Crippen LogP contribution is -2.53. The summed E-state index contributed by atoms with van der Waals surface area (Å²) in [6.45, 7) is 10.0. The number of aromatic hydroxyl groups is 1. The number of amides is 1. The molecule has 0 bridgehead atoms. The van der Waals surface area contributed by atoms with Crippen molar-refractivity contribution in [2.45, 2.75) is 58.7 Å². The SMILES string of the molecule is CC(C)(C)OC(=O)N1Cc2cnc(-c3ccc(O)cc3)nc2CC1(C)C. The summed E-state index contributed by atoms with van der Waals surface area (Å²) in [6, 6.07) is 6.81. The van der Waals surface area contributed by atoms with Crippen molar-refractivity contribution in [1.82, 2.24) is 14.9 Å². The number of aromatic nitrogens is 2. The molecule has 0 fully saturated rings. The first-order chi connectivity index (χ1) is 12.0. The van der Waals surface area contributed by atoms with Gasteiger partial charge in [0.2, 0.25) is 0 Å². The van der Waals surface area contributed by atoms with Gasteiger partial charge >= 0.3 is 6.09 Å². The molecule has 1 aromatic heterocycles. The molecule has 0 spiro atoms. The van der Waals surface area contributed by atoms with Crippen LogP contribution in [0.15, 0.2) is 30.5 Å². The monoisotopic (exact) mass is 355 g/mol. The van der Waals surface area contributed by atoms with Crippen molar-refractivity contribution < 1.29 is 14.6 Å². The van der Waals surface area contributed by atoms with E-state index >= 15 is 0 Å². The van der Waals surface area contributed by atoms with Gasteiger partial charge in [-0.2, -0.15) is 0 Å². The Morgan fingerprint density at radius 2 is 1.88 bits per heavy atom. The first-order valence-corrected chi connectivity index (χ1v) is 8.70. The van der Waals surface area contributed by atoms with E-state index in [-0.39, 0.29) is 11.8 Å². The fraction of sp³-hybridized carbons (Fsp3) is 0.450. The molecule has 1 aliphatic heterocycles. The molecule has 0 aliphatic carbocycles. The van der Waals surface area contributed by atoms with E-state index in [2.05, 4.69) is 4.98 Å². The molecule has 0 radical (unpaired) electrons. The fourth-order valence-corrected chi connectivity index (χ4v) is 3.00. The highest BCUT2D eigenvalue weighted by molar-refractivity contribution is 5.70. The minimum Gasteiger partial charge on any atom is -0.508 e. The van der Waals surface area contributed by atoms with Crippen LogP contribution in [0.25, 0.3) is 11.4 Å². The first kappa shape index (κ1) is 18.2. The smallest absolute Gasteiger partial charge is 0.411 e. The standard InChI is InChI=1S/C20H25N3O3/c1-19(2,3)26-18(25)23-12-14-11-21-17(13-6-8-15(24)9-7-13)22-16(14)10-20(23,4)5/h6-9,11,24H,10,12H2,1-5H3. The van der Waals surface area contributed by atoms with Crippen LogP contribution in [0.4, 0.5) is 4.79 Å². The van der Waals surface area contributed by atoms with Crippen LogP contribution in [0.2, 0.25) is 0 Å². The molecular weight excluding hydrogens is 330 g/mol. The Morgan fingerprint density at radius 1 is 1.23 bits per heavy atom. The number of phenols is 1. The van der Waals surface area contributed by atoms with Gasteiger partial charge in [-0.15, -0.1) is 0 Å². The minimum absolute atomic E-state index is 0.209. The molecule has 0 unspecified atom stereocenters. The third-order valence-electron chi connectivity index (χ3n) is 4.35. The lowest BCUT2D eigenvalue weighted by Gasteiger charge is -2.42. The van der Waals surface area contributed by atoms with E-state index in [0.29, 0.717) is 18.8 Å². The molecule has 0 atom stereocenters. The van der Waals surface area contributed by atoms with Crippen molar-refractivity contribution in [3.63, 3.8) is 0 Å². The van der Waals surface area contributed by atoms with Crippen LogP contribution in [0.3, 0.4) is 0 Å². The second-order valence-corrected chi connectivity index (χ2v) is 8.27. The summed E-state index contributed by atoms with van der Waals surface area (Å²) in [6.07, 6.45) is 2.07. The molecule has 1 aromatic carbocycles. The predicted octanol–water partition coefficient (Wildman–Crippen LogP) is 3.92. The minimum atomic E-state index is -0.535. The van der Waals surface area contributed by atoms with E-state index in [9.17, 15) is 9.90 Å². The maximum absolute atomic E-state index is 12.6. The van der Waals surface area contributed by atoms with Crippen LogP contribution in [-0.4, -0.2) is 37.2 Å². The van der Waals surface area contributed by atoms with Gasteiger partial charge in [-0.25, -0.2) is 14.8 Å². The molecule has 2 aromatic rings. The topological polar surface area (TPSA) is 75.5 Å². The summed E-state index contributed by atoms with van der Waals surface area (Å²) in [5, 5.41) is 9.44. The average Bonchev–Trinajstić information content (AvgIpc) is 2.51. The number of carbonyl (C=O) groups excluding carboxylic acids is 1. The van der Waals surface area contributed by atoms with Crippen molar-refractivity contribution >= 4 is 6.09 Å². The Bertz CT molecular complexity index is 823. The number of carbonyl (C=O) groups is 1. The summed E-state index contributed by atoms with van der Waals surface area (Å²) in [5.74, 6) is 0.825. The summed E-state index contributed by atoms with van der Waals surface area (Å²) in [5.41, 5.74) is 1.77. The maximum atomic E-state index is 12.6. The van der Waals surface area contributed by atoms with E-state index < -0.39 is 11.1 Å². The van der Waals surface area contributed by atoms with Crippen LogP contribution in [-0.2, 0) is 17.7 Å². The van der Waals surface area contributed by atoms with Crippen LogP contribution in [0.5, 0.6) is 5.75 Å². The lowest BCUT2D eigenvalue weighted by atomic mass is 9.89. The van der Waals surface area contributed by atoms with Gasteiger partial charge in [0, 0.05) is 29.3 Å². The molecule has 6 heteroatoms. The number of nitrogens with zero attached hydrogens (tertiary/aromatic N) is 3. The van der Waals surface area contributed by atoms with Gasteiger partial charge in [0.1, 0.15) is 11.4 Å². The van der Waals surface area contributed by atoms with Crippen molar-refractivity contribution in [1.29, 1.82) is 0 Å². The second kappa shape index (κ2) is 6.27. The first-order valence-electron chi connectivity index (χ1n) is 8.70. The van der Waals surface area contributed by atoms with Crippen LogP contribution in [0, 0.1) is 0 Å². The normalized spacial score (nSPS) is 16.1. The Labute approximate surface area is 153 Å². The molecule has 0 saturated carbocycles. The third kappa shape index (κ3) is 3.79. The van der Waals surface area contributed by atoms with Gasteiger partial charge in [-0.3, -0.25) is 4.90 Å². The lowest BCUT2D eigenvalue weighted by molar-refractivity contribution is -0.00292. The van der Waals surface area contributed by atoms with Gasteiger partial charge in [-0.1, -0.05) is 0 Å². The molecule has 26 heavy (non-hydrogen) atoms. The summed E-state index contributed by atoms with van der Waals surface area (Å²) in [4.78, 5) is 23.5. The molecule has 0 saturated heterocycles. The molecular formula is C20H25N3O3. The largest absolute Gasteiger partial charge is 0.508 e. The van der Waals surface area contributed by atoms with Gasteiger partial charge in [-0.05, 0) is 58.9 Å². The highest BCUT2D eigenvalue weighted by Gasteiger charge is 2.39. The summed E-state index contributed by atoms with van der Waals surface area (Å²) in [7, 11) is 0. The van der Waals surface area contributed by atoms with E-state index in [4.69, 9.17) is 9.72 Å². The number of hydrogen-bond donors (Lipinski definition) is 1. The zero-order chi connectivity index (χ0) is 19.1. The summed E-state index contributed by atoms with van der Waals surface area (Å²) >= 11 is 0. The van der Waals surface area contributed by atoms with E-state index in [1.54, 1.807) is 35.4 Å². The number of phenolic OH excluding ortho intramolecular Hbond substituents is 1. The number of benzene rings is 1. The summed E-state index contributed by atoms with van der Waals surface area (Å²) < 4.78 is 5.55. The average molecular weight is 355 g/mol. The van der Waals surface area contributed by atoms with Crippen molar-refractivity contribution in [3.05, 3.63) is 41.7 Å². The quantitative estimate of drug-likeness (QED) is 0.839. The Morgan fingerprint density at radius 3 is 2.50 bits per heavy atom. The zero-order valence-electron chi connectivity index (χ0n) is 15.9. The van der Waals surface area contributed by atoms with Crippen LogP contribution in [0.1, 0.15) is 45.9 Å². The molecule has 6 nitrogen and oxygen atoms in total. The zero-order valence-corrected chi connectivity index (χ0v) is 15.9. The van der Waals surface area contributed by atoms with Gasteiger partial charge in [0.05, 0.1) is 12.2 Å². The Hall–Kier alpha value is -2.63. The number of ether oxygens (including phenoxy) is 1.